The van der Waals surface area contributed by atoms with Crippen LogP contribution in [0.5, 0.6) is 0 Å². The van der Waals surface area contributed by atoms with Crippen molar-refractivity contribution < 1.29 is 34.1 Å². The van der Waals surface area contributed by atoms with Crippen LogP contribution < -0.4 is 0 Å². The highest BCUT2D eigenvalue weighted by atomic mass is 16.7. The van der Waals surface area contributed by atoms with Gasteiger partial charge in [-0.15, -0.1) is 0 Å². The SMILES string of the molecule is CCCCCCCCCC(=O)OC(O)(CO)C(=O)OC(=O)CCCCCCC. The average molecular weight is 403 g/mol. The van der Waals surface area contributed by atoms with Crippen LogP contribution in [-0.2, 0) is 23.9 Å². The summed E-state index contributed by atoms with van der Waals surface area (Å²) in [5.41, 5.74) is 0. The van der Waals surface area contributed by atoms with Gasteiger partial charge in [0.25, 0.3) is 0 Å². The largest absolute Gasteiger partial charge is 0.419 e. The fourth-order valence-corrected chi connectivity index (χ4v) is 2.71. The van der Waals surface area contributed by atoms with E-state index in [-0.39, 0.29) is 12.8 Å². The molecule has 0 aromatic rings. The molecule has 7 heteroatoms. The first-order valence-corrected chi connectivity index (χ1v) is 10.7. The van der Waals surface area contributed by atoms with Crippen molar-refractivity contribution in [1.29, 1.82) is 0 Å². The van der Waals surface area contributed by atoms with E-state index in [0.717, 1.165) is 44.9 Å². The van der Waals surface area contributed by atoms with Gasteiger partial charge in [-0.25, -0.2) is 4.79 Å². The molecule has 0 saturated carbocycles. The van der Waals surface area contributed by atoms with E-state index in [2.05, 4.69) is 18.6 Å². The van der Waals surface area contributed by atoms with Crippen LogP contribution in [-0.4, -0.2) is 40.5 Å². The molecule has 1 unspecified atom stereocenters. The van der Waals surface area contributed by atoms with Crippen molar-refractivity contribution in [2.75, 3.05) is 6.61 Å². The number of aliphatic hydroxyl groups excluding tert-OH is 1. The molecular weight excluding hydrogens is 364 g/mol. The van der Waals surface area contributed by atoms with Gasteiger partial charge in [0.1, 0.15) is 6.61 Å². The second kappa shape index (κ2) is 16.5. The minimum Gasteiger partial charge on any atom is -0.419 e. The highest BCUT2D eigenvalue weighted by Crippen LogP contribution is 2.15. The van der Waals surface area contributed by atoms with Gasteiger partial charge in [-0.2, -0.15) is 0 Å². The van der Waals surface area contributed by atoms with Gasteiger partial charge in [0.05, 0.1) is 0 Å². The first kappa shape index (κ1) is 26.5. The number of esters is 3. The number of unbranched alkanes of at least 4 members (excludes halogenated alkanes) is 10. The smallest absolute Gasteiger partial charge is 0.389 e. The fourth-order valence-electron chi connectivity index (χ4n) is 2.71. The molecule has 0 aromatic heterocycles. The monoisotopic (exact) mass is 402 g/mol. The first-order valence-electron chi connectivity index (χ1n) is 10.7. The van der Waals surface area contributed by atoms with Gasteiger partial charge >= 0.3 is 23.7 Å². The van der Waals surface area contributed by atoms with Gasteiger partial charge < -0.3 is 19.7 Å². The molecule has 0 bridgehead atoms. The molecule has 2 N–H and O–H groups in total. The van der Waals surface area contributed by atoms with Crippen LogP contribution in [0, 0.1) is 0 Å². The Morgan fingerprint density at radius 1 is 0.714 bits per heavy atom. The maximum Gasteiger partial charge on any atom is 0.389 e. The lowest BCUT2D eigenvalue weighted by Gasteiger charge is -2.22. The Morgan fingerprint density at radius 3 is 1.61 bits per heavy atom. The Bertz CT molecular complexity index is 450. The zero-order valence-electron chi connectivity index (χ0n) is 17.5. The Kier molecular flexibility index (Phi) is 15.6. The predicted molar refractivity (Wildman–Crippen MR) is 105 cm³/mol. The molecular formula is C21H38O7. The van der Waals surface area contributed by atoms with E-state index in [0.29, 0.717) is 12.8 Å². The topological polar surface area (TPSA) is 110 Å². The zero-order valence-corrected chi connectivity index (χ0v) is 17.5. The number of carbonyl (C=O) groups is 3. The van der Waals surface area contributed by atoms with Crippen LogP contribution in [0.2, 0.25) is 0 Å². The molecule has 0 aromatic carbocycles. The maximum atomic E-state index is 11.9. The van der Waals surface area contributed by atoms with Gasteiger partial charge in [-0.3, -0.25) is 9.59 Å². The fraction of sp³-hybridized carbons (Fsp3) is 0.857. The minimum absolute atomic E-state index is 0.0226. The lowest BCUT2D eigenvalue weighted by atomic mass is 10.1. The summed E-state index contributed by atoms with van der Waals surface area (Å²) in [6, 6.07) is 0. The van der Waals surface area contributed by atoms with Crippen LogP contribution in [0.3, 0.4) is 0 Å². The molecule has 0 heterocycles. The van der Waals surface area contributed by atoms with E-state index in [1.165, 1.54) is 19.3 Å². The van der Waals surface area contributed by atoms with Crippen LogP contribution in [0.1, 0.15) is 104 Å². The zero-order chi connectivity index (χ0) is 21.3. The number of hydrogen-bond donors (Lipinski definition) is 2. The molecule has 0 aliphatic carbocycles. The second-order valence-corrected chi connectivity index (χ2v) is 7.21. The predicted octanol–water partition coefficient (Wildman–Crippen LogP) is 3.78. The summed E-state index contributed by atoms with van der Waals surface area (Å²) in [6.07, 6.45) is 11.7. The van der Waals surface area contributed by atoms with E-state index in [9.17, 15) is 24.6 Å². The number of hydrogen-bond acceptors (Lipinski definition) is 7. The third-order valence-corrected chi connectivity index (χ3v) is 4.49. The molecule has 0 rings (SSSR count). The average Bonchev–Trinajstić information content (AvgIpc) is 2.66. The van der Waals surface area contributed by atoms with Crippen molar-refractivity contribution in [2.45, 2.75) is 110 Å². The van der Waals surface area contributed by atoms with Gasteiger partial charge in [0.2, 0.25) is 0 Å². The molecule has 7 nitrogen and oxygen atoms in total. The third kappa shape index (κ3) is 12.8. The van der Waals surface area contributed by atoms with E-state index in [1.54, 1.807) is 0 Å². The molecule has 0 amide bonds. The third-order valence-electron chi connectivity index (χ3n) is 4.49. The minimum atomic E-state index is -2.84. The number of aliphatic hydroxyl groups is 2. The lowest BCUT2D eigenvalue weighted by molar-refractivity contribution is -0.236. The molecule has 164 valence electrons. The van der Waals surface area contributed by atoms with E-state index >= 15 is 0 Å². The standard InChI is InChI=1S/C21H38O7/c1-3-5-7-9-10-12-14-16-19(24)28-21(26,17-22)20(25)27-18(23)15-13-11-8-6-4-2/h22,26H,3-17H2,1-2H3. The van der Waals surface area contributed by atoms with Gasteiger partial charge in [0.15, 0.2) is 0 Å². The summed E-state index contributed by atoms with van der Waals surface area (Å²) in [5, 5.41) is 19.3. The highest BCUT2D eigenvalue weighted by molar-refractivity contribution is 5.90. The van der Waals surface area contributed by atoms with Crippen molar-refractivity contribution >= 4 is 17.9 Å². The Morgan fingerprint density at radius 2 is 1.14 bits per heavy atom. The summed E-state index contributed by atoms with van der Waals surface area (Å²) < 4.78 is 9.22. The van der Waals surface area contributed by atoms with Gasteiger partial charge in [-0.1, -0.05) is 78.1 Å². The number of ether oxygens (including phenoxy) is 2. The quantitative estimate of drug-likeness (QED) is 0.165. The van der Waals surface area contributed by atoms with Crippen molar-refractivity contribution in [3.05, 3.63) is 0 Å². The van der Waals surface area contributed by atoms with Gasteiger partial charge in [0, 0.05) is 12.8 Å². The Hall–Kier alpha value is -1.47. The summed E-state index contributed by atoms with van der Waals surface area (Å²) in [6.45, 7) is 3.06. The van der Waals surface area contributed by atoms with Crippen LogP contribution in [0.15, 0.2) is 0 Å². The Balaban J connectivity index is 4.16. The maximum absolute atomic E-state index is 11.9. The summed E-state index contributed by atoms with van der Waals surface area (Å²) in [5.74, 6) is -5.91. The molecule has 28 heavy (non-hydrogen) atoms. The molecule has 1 atom stereocenters. The molecule has 0 spiro atoms. The highest BCUT2D eigenvalue weighted by Gasteiger charge is 2.43. The molecule has 0 aliphatic heterocycles. The van der Waals surface area contributed by atoms with Gasteiger partial charge in [-0.05, 0) is 12.8 Å². The van der Waals surface area contributed by atoms with Crippen LogP contribution in [0.4, 0.5) is 0 Å². The van der Waals surface area contributed by atoms with E-state index < -0.39 is 30.3 Å². The summed E-state index contributed by atoms with van der Waals surface area (Å²) in [4.78, 5) is 35.4. The first-order chi connectivity index (χ1) is 13.4. The number of carbonyl (C=O) groups excluding carboxylic acids is 3. The molecule has 0 aliphatic rings. The van der Waals surface area contributed by atoms with Crippen molar-refractivity contribution in [2.24, 2.45) is 0 Å². The van der Waals surface area contributed by atoms with Crippen molar-refractivity contribution in [3.63, 3.8) is 0 Å². The summed E-state index contributed by atoms with van der Waals surface area (Å²) >= 11 is 0. The van der Waals surface area contributed by atoms with Crippen molar-refractivity contribution in [1.82, 2.24) is 0 Å². The molecule has 0 saturated heterocycles. The normalized spacial score (nSPS) is 13.0. The van der Waals surface area contributed by atoms with E-state index in [1.807, 2.05) is 0 Å². The molecule has 0 radical (unpaired) electrons. The van der Waals surface area contributed by atoms with E-state index in [4.69, 9.17) is 4.74 Å². The second-order valence-electron chi connectivity index (χ2n) is 7.21. The molecule has 0 fully saturated rings. The Labute approximate surface area is 168 Å². The van der Waals surface area contributed by atoms with Crippen LogP contribution >= 0.6 is 0 Å². The number of rotatable bonds is 17. The van der Waals surface area contributed by atoms with Crippen molar-refractivity contribution in [3.8, 4) is 0 Å². The summed E-state index contributed by atoms with van der Waals surface area (Å²) in [7, 11) is 0. The lowest BCUT2D eigenvalue weighted by Crippen LogP contribution is -2.48. The van der Waals surface area contributed by atoms with Crippen LogP contribution in [0.25, 0.3) is 0 Å².